The third kappa shape index (κ3) is 4.89. The van der Waals surface area contributed by atoms with Crippen LogP contribution < -0.4 is 11.1 Å². The van der Waals surface area contributed by atoms with Gasteiger partial charge < -0.3 is 11.1 Å². The third-order valence-corrected chi connectivity index (χ3v) is 1.93. The average molecular weight is 256 g/mol. The Morgan fingerprint density at radius 3 is 2.39 bits per heavy atom. The van der Waals surface area contributed by atoms with Crippen LogP contribution in [-0.4, -0.2) is 25.2 Å². The topological polar surface area (TPSA) is 55.1 Å². The van der Waals surface area contributed by atoms with E-state index in [1.54, 1.807) is 17.4 Å². The molecule has 3 N–H and O–H groups in total. The number of rotatable bonds is 2. The number of benzene rings is 1. The maximum atomic E-state index is 11.9. The van der Waals surface area contributed by atoms with Crippen molar-refractivity contribution < 1.29 is 18.0 Å². The van der Waals surface area contributed by atoms with E-state index in [1.807, 2.05) is 0 Å². The van der Waals surface area contributed by atoms with Gasteiger partial charge in [-0.2, -0.15) is 13.2 Å². The first-order valence-corrected chi connectivity index (χ1v) is 5.06. The molecule has 0 spiro atoms. The molecule has 0 unspecified atom stereocenters. The fourth-order valence-corrected chi connectivity index (χ4v) is 1.14. The molecule has 0 aliphatic carbocycles. The highest BCUT2D eigenvalue weighted by molar-refractivity contribution is 5.94. The first-order valence-electron chi connectivity index (χ1n) is 5.06. The number of nitrogens with one attached hydrogen (secondary N) is 1. The molecule has 6 heteroatoms. The SMILES string of the molecule is NCC#Cc1ccc(C(=O)NCC(F)(F)F)cc1. The molecule has 0 saturated carbocycles. The first kappa shape index (κ1) is 14.1. The predicted molar refractivity (Wildman–Crippen MR) is 60.8 cm³/mol. The van der Waals surface area contributed by atoms with E-state index in [0.717, 1.165) is 0 Å². The fourth-order valence-electron chi connectivity index (χ4n) is 1.14. The van der Waals surface area contributed by atoms with Crippen LogP contribution in [0.1, 0.15) is 15.9 Å². The minimum Gasteiger partial charge on any atom is -0.343 e. The highest BCUT2D eigenvalue weighted by Gasteiger charge is 2.27. The zero-order chi connectivity index (χ0) is 13.6. The molecule has 0 bridgehead atoms. The molecule has 0 aliphatic rings. The molecule has 0 fully saturated rings. The number of alkyl halides is 3. The molecule has 0 aromatic heterocycles. The van der Waals surface area contributed by atoms with Gasteiger partial charge in [0.15, 0.2) is 0 Å². The van der Waals surface area contributed by atoms with E-state index in [9.17, 15) is 18.0 Å². The van der Waals surface area contributed by atoms with Gasteiger partial charge in [0.1, 0.15) is 6.54 Å². The second-order valence-electron chi connectivity index (χ2n) is 3.38. The van der Waals surface area contributed by atoms with Gasteiger partial charge in [-0.3, -0.25) is 4.79 Å². The van der Waals surface area contributed by atoms with E-state index in [2.05, 4.69) is 11.8 Å². The number of hydrogen-bond donors (Lipinski definition) is 2. The van der Waals surface area contributed by atoms with Gasteiger partial charge in [0.05, 0.1) is 6.54 Å². The highest BCUT2D eigenvalue weighted by atomic mass is 19.4. The molecule has 1 aromatic rings. The summed E-state index contributed by atoms with van der Waals surface area (Å²) in [6.07, 6.45) is -4.41. The van der Waals surface area contributed by atoms with E-state index in [4.69, 9.17) is 5.73 Å². The molecule has 1 aromatic carbocycles. The highest BCUT2D eigenvalue weighted by Crippen LogP contribution is 2.12. The second-order valence-corrected chi connectivity index (χ2v) is 3.38. The lowest BCUT2D eigenvalue weighted by Gasteiger charge is -2.08. The number of hydrogen-bond acceptors (Lipinski definition) is 2. The number of carbonyl (C=O) groups excluding carboxylic acids is 1. The van der Waals surface area contributed by atoms with E-state index in [1.165, 1.54) is 12.1 Å². The molecule has 1 amide bonds. The van der Waals surface area contributed by atoms with E-state index in [0.29, 0.717) is 5.56 Å². The van der Waals surface area contributed by atoms with Crippen molar-refractivity contribution in [2.45, 2.75) is 6.18 Å². The van der Waals surface area contributed by atoms with Gasteiger partial charge in [-0.1, -0.05) is 11.8 Å². The molecule has 0 heterocycles. The van der Waals surface area contributed by atoms with E-state index >= 15 is 0 Å². The molecular weight excluding hydrogens is 245 g/mol. The van der Waals surface area contributed by atoms with Crippen molar-refractivity contribution in [3.63, 3.8) is 0 Å². The molecular formula is C12H11F3N2O. The van der Waals surface area contributed by atoms with Gasteiger partial charge in [0, 0.05) is 11.1 Å². The lowest BCUT2D eigenvalue weighted by atomic mass is 10.1. The number of nitrogens with two attached hydrogens (primary N) is 1. The van der Waals surface area contributed by atoms with Crippen LogP contribution in [-0.2, 0) is 0 Å². The lowest BCUT2D eigenvalue weighted by Crippen LogP contribution is -2.33. The van der Waals surface area contributed by atoms with Crippen LogP contribution in [0.4, 0.5) is 13.2 Å². The molecule has 0 aliphatic heterocycles. The number of carbonyl (C=O) groups is 1. The summed E-state index contributed by atoms with van der Waals surface area (Å²) < 4.78 is 35.7. The van der Waals surface area contributed by atoms with Crippen LogP contribution in [0.2, 0.25) is 0 Å². The molecule has 96 valence electrons. The molecule has 3 nitrogen and oxygen atoms in total. The minimum absolute atomic E-state index is 0.151. The van der Waals surface area contributed by atoms with Crippen LogP contribution in [0, 0.1) is 11.8 Å². The third-order valence-electron chi connectivity index (χ3n) is 1.93. The van der Waals surface area contributed by atoms with Gasteiger partial charge in [-0.15, -0.1) is 0 Å². The van der Waals surface area contributed by atoms with Crippen LogP contribution in [0.5, 0.6) is 0 Å². The van der Waals surface area contributed by atoms with Crippen LogP contribution in [0.15, 0.2) is 24.3 Å². The molecule has 18 heavy (non-hydrogen) atoms. The van der Waals surface area contributed by atoms with Gasteiger partial charge in [-0.25, -0.2) is 0 Å². The minimum atomic E-state index is -4.41. The summed E-state index contributed by atoms with van der Waals surface area (Å²) in [6, 6.07) is 5.91. The molecule has 0 atom stereocenters. The largest absolute Gasteiger partial charge is 0.405 e. The Labute approximate surface area is 102 Å². The number of halogens is 3. The Hall–Kier alpha value is -2.00. The molecule has 0 saturated heterocycles. The Bertz CT molecular complexity index is 469. The summed E-state index contributed by atoms with van der Waals surface area (Å²) in [5.74, 6) is 4.59. The van der Waals surface area contributed by atoms with Crippen molar-refractivity contribution in [1.82, 2.24) is 5.32 Å². The second kappa shape index (κ2) is 6.07. The lowest BCUT2D eigenvalue weighted by molar-refractivity contribution is -0.123. The van der Waals surface area contributed by atoms with Gasteiger partial charge in [0.25, 0.3) is 5.91 Å². The summed E-state index contributed by atoms with van der Waals surface area (Å²) >= 11 is 0. The summed E-state index contributed by atoms with van der Waals surface area (Å²) in [5.41, 5.74) is 5.99. The smallest absolute Gasteiger partial charge is 0.343 e. The quantitative estimate of drug-likeness (QED) is 0.783. The van der Waals surface area contributed by atoms with E-state index < -0.39 is 18.6 Å². The summed E-state index contributed by atoms with van der Waals surface area (Å²) in [4.78, 5) is 11.3. The maximum Gasteiger partial charge on any atom is 0.405 e. The molecule has 0 radical (unpaired) electrons. The van der Waals surface area contributed by atoms with Crippen LogP contribution in [0.3, 0.4) is 0 Å². The van der Waals surface area contributed by atoms with Crippen molar-refractivity contribution >= 4 is 5.91 Å². The zero-order valence-electron chi connectivity index (χ0n) is 9.34. The summed E-state index contributed by atoms with van der Waals surface area (Å²) in [7, 11) is 0. The molecule has 1 rings (SSSR count). The van der Waals surface area contributed by atoms with Crippen LogP contribution in [0.25, 0.3) is 0 Å². The Kier molecular flexibility index (Phi) is 4.75. The summed E-state index contributed by atoms with van der Waals surface area (Å²) in [5, 5.41) is 1.78. The normalized spacial score (nSPS) is 10.4. The Morgan fingerprint density at radius 2 is 1.89 bits per heavy atom. The maximum absolute atomic E-state index is 11.9. The fraction of sp³-hybridized carbons (Fsp3) is 0.250. The van der Waals surface area contributed by atoms with Crippen molar-refractivity contribution in [3.8, 4) is 11.8 Å². The van der Waals surface area contributed by atoms with Crippen molar-refractivity contribution in [3.05, 3.63) is 35.4 Å². The zero-order valence-corrected chi connectivity index (χ0v) is 9.34. The van der Waals surface area contributed by atoms with Gasteiger partial charge >= 0.3 is 6.18 Å². The van der Waals surface area contributed by atoms with E-state index in [-0.39, 0.29) is 12.1 Å². The monoisotopic (exact) mass is 256 g/mol. The Balaban J connectivity index is 2.65. The predicted octanol–water partition coefficient (Wildman–Crippen LogP) is 1.29. The van der Waals surface area contributed by atoms with Crippen molar-refractivity contribution in [2.24, 2.45) is 5.73 Å². The average Bonchev–Trinajstić information content (AvgIpc) is 2.33. The number of amides is 1. The summed E-state index contributed by atoms with van der Waals surface area (Å²) in [6.45, 7) is -1.13. The standard InChI is InChI=1S/C12H11F3N2O/c13-12(14,15)8-17-11(18)10-5-3-9(4-6-10)2-1-7-16/h3-6H,7-8,16H2,(H,17,18). The van der Waals surface area contributed by atoms with Gasteiger partial charge in [-0.05, 0) is 24.3 Å². The van der Waals surface area contributed by atoms with Crippen molar-refractivity contribution in [2.75, 3.05) is 13.1 Å². The van der Waals surface area contributed by atoms with Crippen molar-refractivity contribution in [1.29, 1.82) is 0 Å². The van der Waals surface area contributed by atoms with Crippen LogP contribution >= 0.6 is 0 Å². The first-order chi connectivity index (χ1) is 8.42. The van der Waals surface area contributed by atoms with Gasteiger partial charge in [0.2, 0.25) is 0 Å². The Morgan fingerprint density at radius 1 is 1.28 bits per heavy atom.